The molecule has 6 rings (SSSR count). The van der Waals surface area contributed by atoms with Crippen molar-refractivity contribution in [2.75, 3.05) is 20.3 Å². The third kappa shape index (κ3) is 3.87. The summed E-state index contributed by atoms with van der Waals surface area (Å²) in [5.74, 6) is 0.105. The molecule has 38 heavy (non-hydrogen) atoms. The summed E-state index contributed by atoms with van der Waals surface area (Å²) in [6, 6.07) is 3.58. The Balaban J connectivity index is 1.61. The lowest BCUT2D eigenvalue weighted by Crippen LogP contribution is -2.40. The smallest absolute Gasteiger partial charge is 0.265 e. The highest BCUT2D eigenvalue weighted by Gasteiger charge is 2.37. The van der Waals surface area contributed by atoms with Crippen molar-refractivity contribution in [1.29, 1.82) is 0 Å². The summed E-state index contributed by atoms with van der Waals surface area (Å²) >= 11 is 0. The topological polar surface area (TPSA) is 78.1 Å². The van der Waals surface area contributed by atoms with E-state index in [9.17, 15) is 13.6 Å². The van der Waals surface area contributed by atoms with E-state index in [4.69, 9.17) is 9.72 Å². The highest BCUT2D eigenvalue weighted by atomic mass is 19.3. The molecule has 3 aromatic heterocycles. The summed E-state index contributed by atoms with van der Waals surface area (Å²) in [7, 11) is 3.39. The second-order valence-electron chi connectivity index (χ2n) is 10.0. The van der Waals surface area contributed by atoms with Gasteiger partial charge in [0.15, 0.2) is 0 Å². The van der Waals surface area contributed by atoms with Gasteiger partial charge in [-0.05, 0) is 38.0 Å². The summed E-state index contributed by atoms with van der Waals surface area (Å²) in [5, 5.41) is 4.34. The summed E-state index contributed by atoms with van der Waals surface area (Å²) in [6.07, 6.45) is 1.72. The summed E-state index contributed by atoms with van der Waals surface area (Å²) in [5.41, 5.74) is 1.77. The fourth-order valence-corrected chi connectivity index (χ4v) is 5.66. The molecule has 198 valence electrons. The molecule has 4 aromatic rings. The first kappa shape index (κ1) is 24.6. The minimum absolute atomic E-state index is 0.0416. The second-order valence-corrected chi connectivity index (χ2v) is 10.0. The number of alkyl halides is 2. The van der Waals surface area contributed by atoms with Gasteiger partial charge >= 0.3 is 0 Å². The maximum Gasteiger partial charge on any atom is 0.265 e. The van der Waals surface area contributed by atoms with E-state index in [2.05, 4.69) is 10.1 Å². The van der Waals surface area contributed by atoms with E-state index in [-0.39, 0.29) is 40.6 Å². The fourth-order valence-electron chi connectivity index (χ4n) is 5.66. The summed E-state index contributed by atoms with van der Waals surface area (Å²) in [4.78, 5) is 24.0. The number of benzene rings is 1. The van der Waals surface area contributed by atoms with Crippen LogP contribution in [0.3, 0.4) is 0 Å². The summed E-state index contributed by atoms with van der Waals surface area (Å²) in [6.45, 7) is 3.19. The molecular weight excluding hydrogens is 497 g/mol. The van der Waals surface area contributed by atoms with Gasteiger partial charge in [-0.25, -0.2) is 23.1 Å². The third-order valence-electron chi connectivity index (χ3n) is 7.56. The first-order valence-electron chi connectivity index (χ1n) is 12.6. The molecule has 0 unspecified atom stereocenters. The average Bonchev–Trinajstić information content (AvgIpc) is 3.51. The lowest BCUT2D eigenvalue weighted by atomic mass is 9.98. The fraction of sp³-hybridized carbons (Fsp3) is 0.407. The molecule has 1 amide bonds. The molecule has 0 bridgehead atoms. The predicted molar refractivity (Wildman–Crippen MR) is 134 cm³/mol. The van der Waals surface area contributed by atoms with Gasteiger partial charge in [0.2, 0.25) is 5.91 Å². The molecule has 0 spiro atoms. The molecule has 0 saturated carbocycles. The van der Waals surface area contributed by atoms with Crippen LogP contribution >= 0.6 is 0 Å². The van der Waals surface area contributed by atoms with Gasteiger partial charge in [-0.1, -0.05) is 0 Å². The zero-order valence-electron chi connectivity index (χ0n) is 21.3. The Bertz CT molecular complexity index is 1560. The van der Waals surface area contributed by atoms with Crippen molar-refractivity contribution in [2.24, 2.45) is 7.05 Å². The van der Waals surface area contributed by atoms with E-state index in [0.717, 1.165) is 12.8 Å². The van der Waals surface area contributed by atoms with E-state index >= 15 is 4.39 Å². The van der Waals surface area contributed by atoms with E-state index in [0.29, 0.717) is 41.5 Å². The maximum atomic E-state index is 15.7. The van der Waals surface area contributed by atoms with E-state index in [1.807, 2.05) is 11.5 Å². The number of fused-ring (bicyclic) bond motifs is 2. The predicted octanol–water partition coefficient (Wildman–Crippen LogP) is 5.00. The van der Waals surface area contributed by atoms with Crippen LogP contribution in [0.2, 0.25) is 0 Å². The Morgan fingerprint density at radius 3 is 2.55 bits per heavy atom. The van der Waals surface area contributed by atoms with Gasteiger partial charge in [0.25, 0.3) is 6.43 Å². The van der Waals surface area contributed by atoms with Crippen LogP contribution in [-0.2, 0) is 23.1 Å². The molecule has 0 N–H and O–H groups in total. The lowest BCUT2D eigenvalue weighted by Gasteiger charge is -2.32. The minimum atomic E-state index is -2.84. The Kier molecular flexibility index (Phi) is 5.97. The van der Waals surface area contributed by atoms with Crippen molar-refractivity contribution < 1.29 is 22.7 Å². The molecule has 2 aliphatic rings. The largest absolute Gasteiger partial charge is 0.381 e. The van der Waals surface area contributed by atoms with Gasteiger partial charge in [-0.3, -0.25) is 9.48 Å². The molecule has 0 aliphatic carbocycles. The SMILES string of the molecule is C[C@H]1C(=O)N(C)Cc2c(-c3c(F)ccc4nc(-c5cnn(C)c5)c(C(F)F)cc34)nc(C3CCOCC3)n21. The number of rotatable bonds is 4. The van der Waals surface area contributed by atoms with Crippen molar-refractivity contribution in [2.45, 2.75) is 44.7 Å². The Morgan fingerprint density at radius 2 is 1.87 bits per heavy atom. The number of hydrogen-bond donors (Lipinski definition) is 0. The number of aromatic nitrogens is 5. The molecule has 1 aromatic carbocycles. The Morgan fingerprint density at radius 1 is 1.11 bits per heavy atom. The van der Waals surface area contributed by atoms with Gasteiger partial charge in [-0.15, -0.1) is 0 Å². The molecule has 11 heteroatoms. The van der Waals surface area contributed by atoms with Crippen LogP contribution in [0, 0.1) is 5.82 Å². The molecule has 8 nitrogen and oxygen atoms in total. The van der Waals surface area contributed by atoms with Crippen molar-refractivity contribution in [1.82, 2.24) is 29.2 Å². The number of hydrogen-bond acceptors (Lipinski definition) is 5. The van der Waals surface area contributed by atoms with E-state index < -0.39 is 18.3 Å². The zero-order chi connectivity index (χ0) is 26.7. The Hall–Kier alpha value is -3.73. The third-order valence-corrected chi connectivity index (χ3v) is 7.56. The van der Waals surface area contributed by atoms with Crippen LogP contribution in [0.25, 0.3) is 33.4 Å². The molecule has 2 aliphatic heterocycles. The highest BCUT2D eigenvalue weighted by Crippen LogP contribution is 2.42. The number of halogens is 3. The maximum absolute atomic E-state index is 15.7. The van der Waals surface area contributed by atoms with Gasteiger partial charge < -0.3 is 14.2 Å². The van der Waals surface area contributed by atoms with Crippen molar-refractivity contribution in [3.05, 3.63) is 53.5 Å². The van der Waals surface area contributed by atoms with Crippen LogP contribution < -0.4 is 0 Å². The van der Waals surface area contributed by atoms with Gasteiger partial charge in [0.05, 0.1) is 35.3 Å². The molecular formula is C27H27F3N6O2. The number of ether oxygens (including phenoxy) is 1. The van der Waals surface area contributed by atoms with Gasteiger partial charge in [0, 0.05) is 61.5 Å². The number of amides is 1. The quantitative estimate of drug-likeness (QED) is 0.375. The van der Waals surface area contributed by atoms with Gasteiger partial charge in [-0.2, -0.15) is 5.10 Å². The number of carbonyl (C=O) groups is 1. The molecule has 5 heterocycles. The summed E-state index contributed by atoms with van der Waals surface area (Å²) < 4.78 is 53.3. The molecule has 0 radical (unpaired) electrons. The van der Waals surface area contributed by atoms with Crippen LogP contribution in [0.15, 0.2) is 30.6 Å². The average molecular weight is 525 g/mol. The molecule has 1 atom stereocenters. The monoisotopic (exact) mass is 524 g/mol. The minimum Gasteiger partial charge on any atom is -0.381 e. The van der Waals surface area contributed by atoms with Crippen molar-refractivity contribution >= 4 is 16.8 Å². The number of carbonyl (C=O) groups excluding carboxylic acids is 1. The van der Waals surface area contributed by atoms with Crippen LogP contribution in [0.4, 0.5) is 13.2 Å². The number of aryl methyl sites for hydroxylation is 1. The number of nitrogens with zero attached hydrogens (tertiary/aromatic N) is 6. The van der Waals surface area contributed by atoms with Crippen LogP contribution in [-0.4, -0.2) is 55.4 Å². The number of imidazole rings is 1. The van der Waals surface area contributed by atoms with Crippen molar-refractivity contribution in [3.63, 3.8) is 0 Å². The standard InChI is InChI=1S/C27H27F3N6O2/c1-14-27(37)34(2)13-21-24(33-26(36(14)21)15-6-8-38-9-7-15)22-17-10-18(25(29)30)23(16-11-31-35(3)12-16)32-20(17)5-4-19(22)28/h4-5,10-12,14-15,25H,6-9,13H2,1-3H3/t14-/m0/s1. The highest BCUT2D eigenvalue weighted by molar-refractivity contribution is 5.97. The zero-order valence-corrected chi connectivity index (χ0v) is 21.3. The normalized spacial score (nSPS) is 18.6. The van der Waals surface area contributed by atoms with E-state index in [1.54, 1.807) is 25.2 Å². The van der Waals surface area contributed by atoms with Gasteiger partial charge in [0.1, 0.15) is 17.7 Å². The first-order chi connectivity index (χ1) is 18.2. The van der Waals surface area contributed by atoms with Crippen LogP contribution in [0.5, 0.6) is 0 Å². The number of likely N-dealkylation sites (N-methyl/N-ethyl adjacent to an activating group) is 1. The van der Waals surface area contributed by atoms with E-state index in [1.165, 1.54) is 29.1 Å². The number of pyridine rings is 1. The molecule has 1 fully saturated rings. The lowest BCUT2D eigenvalue weighted by molar-refractivity contribution is -0.135. The van der Waals surface area contributed by atoms with Crippen molar-refractivity contribution in [3.8, 4) is 22.5 Å². The Labute approximate surface area is 217 Å². The molecule has 1 saturated heterocycles. The van der Waals surface area contributed by atoms with Crippen LogP contribution in [0.1, 0.15) is 55.2 Å². The first-order valence-corrected chi connectivity index (χ1v) is 12.6. The second kappa shape index (κ2) is 9.23.